The summed E-state index contributed by atoms with van der Waals surface area (Å²) in [4.78, 5) is 66.0. The van der Waals surface area contributed by atoms with Crippen LogP contribution in [0.5, 0.6) is 0 Å². The third kappa shape index (κ3) is 8.69. The third-order valence-electron chi connectivity index (χ3n) is 4.35. The number of nitrogens with zero attached hydrogens (tertiary/aromatic N) is 1. The van der Waals surface area contributed by atoms with E-state index in [9.17, 15) is 34.2 Å². The molecule has 0 aromatic carbocycles. The highest BCUT2D eigenvalue weighted by atomic mass is 16.4. The van der Waals surface area contributed by atoms with Crippen molar-refractivity contribution in [3.05, 3.63) is 18.2 Å². The molecule has 32 heavy (non-hydrogen) atoms. The van der Waals surface area contributed by atoms with Gasteiger partial charge in [-0.05, 0) is 20.3 Å². The van der Waals surface area contributed by atoms with Crippen LogP contribution in [0.2, 0.25) is 0 Å². The summed E-state index contributed by atoms with van der Waals surface area (Å²) < 4.78 is 0. The molecular formula is C18H28N6O8. The van der Waals surface area contributed by atoms with Gasteiger partial charge in [-0.3, -0.25) is 19.2 Å². The number of aromatic amines is 1. The van der Waals surface area contributed by atoms with E-state index in [2.05, 4.69) is 25.9 Å². The van der Waals surface area contributed by atoms with Gasteiger partial charge in [-0.1, -0.05) is 0 Å². The summed E-state index contributed by atoms with van der Waals surface area (Å²) in [6, 6.07) is -5.30. The number of carboxylic acids is 2. The summed E-state index contributed by atoms with van der Waals surface area (Å²) in [5.41, 5.74) is 5.86. The van der Waals surface area contributed by atoms with Crippen LogP contribution in [0, 0.1) is 0 Å². The minimum absolute atomic E-state index is 0.137. The van der Waals surface area contributed by atoms with Gasteiger partial charge in [0.15, 0.2) is 0 Å². The van der Waals surface area contributed by atoms with Crippen LogP contribution in [0.3, 0.4) is 0 Å². The maximum atomic E-state index is 12.7. The Kier molecular flexibility index (Phi) is 10.2. The first-order valence-corrected chi connectivity index (χ1v) is 9.69. The standard InChI is InChI=1S/C18H28N6O8/c1-8(19)15(28)24-14(9(2)25)17(30)22-11(3-4-13(26)27)16(29)23-12(18(31)32)5-10-6-20-7-21-10/h6-9,11-12,14,25H,3-5,19H2,1-2H3,(H,20,21)(H,22,30)(H,23,29)(H,24,28)(H,26,27)(H,31,32). The van der Waals surface area contributed by atoms with E-state index >= 15 is 0 Å². The van der Waals surface area contributed by atoms with E-state index in [4.69, 9.17) is 10.8 Å². The van der Waals surface area contributed by atoms with Crippen LogP contribution in [0.1, 0.15) is 32.4 Å². The number of hydrogen-bond acceptors (Lipinski definition) is 8. The van der Waals surface area contributed by atoms with E-state index in [-0.39, 0.29) is 12.8 Å². The van der Waals surface area contributed by atoms with Crippen molar-refractivity contribution in [2.24, 2.45) is 5.73 Å². The fourth-order valence-electron chi connectivity index (χ4n) is 2.58. The van der Waals surface area contributed by atoms with Gasteiger partial charge in [0, 0.05) is 24.7 Å². The van der Waals surface area contributed by atoms with Gasteiger partial charge in [0.1, 0.15) is 18.1 Å². The number of carbonyl (C=O) groups excluding carboxylic acids is 3. The average Bonchev–Trinajstić information content (AvgIpc) is 3.20. The van der Waals surface area contributed by atoms with Crippen LogP contribution in [0.25, 0.3) is 0 Å². The van der Waals surface area contributed by atoms with E-state index in [1.54, 1.807) is 0 Å². The van der Waals surface area contributed by atoms with Crippen LogP contribution < -0.4 is 21.7 Å². The lowest BCUT2D eigenvalue weighted by molar-refractivity contribution is -0.143. The number of nitrogens with two attached hydrogens (primary N) is 1. The summed E-state index contributed by atoms with van der Waals surface area (Å²) in [5.74, 6) is -5.26. The Balaban J connectivity index is 2.97. The number of aliphatic hydroxyl groups is 1. The molecule has 3 amide bonds. The summed E-state index contributed by atoms with van der Waals surface area (Å²) in [6.07, 6.45) is 0.326. The number of rotatable bonds is 13. The van der Waals surface area contributed by atoms with Crippen molar-refractivity contribution in [1.29, 1.82) is 0 Å². The van der Waals surface area contributed by atoms with E-state index in [1.165, 1.54) is 26.4 Å². The van der Waals surface area contributed by atoms with E-state index in [0.29, 0.717) is 5.69 Å². The molecule has 0 bridgehead atoms. The van der Waals surface area contributed by atoms with E-state index in [1.807, 2.05) is 0 Å². The van der Waals surface area contributed by atoms with Gasteiger partial charge < -0.3 is 42.0 Å². The van der Waals surface area contributed by atoms with Crippen molar-refractivity contribution >= 4 is 29.7 Å². The number of H-pyrrole nitrogens is 1. The summed E-state index contributed by atoms with van der Waals surface area (Å²) >= 11 is 0. The molecule has 0 fully saturated rings. The summed E-state index contributed by atoms with van der Waals surface area (Å²) in [5, 5.41) is 34.9. The van der Waals surface area contributed by atoms with Crippen molar-refractivity contribution in [2.75, 3.05) is 0 Å². The van der Waals surface area contributed by atoms with Crippen molar-refractivity contribution in [3.63, 3.8) is 0 Å². The number of nitrogens with one attached hydrogen (secondary N) is 4. The molecule has 14 heteroatoms. The monoisotopic (exact) mass is 456 g/mol. The topological polar surface area (TPSA) is 237 Å². The molecule has 9 N–H and O–H groups in total. The van der Waals surface area contributed by atoms with Crippen LogP contribution in [-0.4, -0.2) is 85.2 Å². The third-order valence-corrected chi connectivity index (χ3v) is 4.35. The first-order chi connectivity index (χ1) is 14.9. The van der Waals surface area contributed by atoms with Crippen LogP contribution in [-0.2, 0) is 30.4 Å². The molecule has 0 aliphatic rings. The van der Waals surface area contributed by atoms with Crippen molar-refractivity contribution < 1.29 is 39.3 Å². The second kappa shape index (κ2) is 12.4. The Morgan fingerprint density at radius 2 is 1.66 bits per heavy atom. The highest BCUT2D eigenvalue weighted by Crippen LogP contribution is 2.05. The number of aliphatic carboxylic acids is 2. The molecule has 0 spiro atoms. The minimum Gasteiger partial charge on any atom is -0.481 e. The molecular weight excluding hydrogens is 428 g/mol. The van der Waals surface area contributed by atoms with E-state index in [0.717, 1.165) is 0 Å². The van der Waals surface area contributed by atoms with Crippen LogP contribution in [0.4, 0.5) is 0 Å². The fraction of sp³-hybridized carbons (Fsp3) is 0.556. The number of aliphatic hydroxyl groups excluding tert-OH is 1. The molecule has 0 aliphatic heterocycles. The molecule has 1 aromatic rings. The number of amides is 3. The Bertz CT molecular complexity index is 810. The zero-order valence-electron chi connectivity index (χ0n) is 17.6. The smallest absolute Gasteiger partial charge is 0.326 e. The van der Waals surface area contributed by atoms with Crippen LogP contribution >= 0.6 is 0 Å². The van der Waals surface area contributed by atoms with Crippen LogP contribution in [0.15, 0.2) is 12.5 Å². The molecule has 1 rings (SSSR count). The zero-order valence-corrected chi connectivity index (χ0v) is 17.6. The van der Waals surface area contributed by atoms with Gasteiger partial charge in [0.25, 0.3) is 0 Å². The minimum atomic E-state index is -1.48. The first-order valence-electron chi connectivity index (χ1n) is 9.69. The van der Waals surface area contributed by atoms with Crippen molar-refractivity contribution in [2.45, 2.75) is 63.4 Å². The molecule has 0 saturated carbocycles. The lowest BCUT2D eigenvalue weighted by Crippen LogP contribution is -2.59. The maximum Gasteiger partial charge on any atom is 0.326 e. The molecule has 0 saturated heterocycles. The predicted molar refractivity (Wildman–Crippen MR) is 108 cm³/mol. The first kappa shape index (κ1) is 26.5. The Morgan fingerprint density at radius 1 is 1.03 bits per heavy atom. The number of carboxylic acid groups (broad SMARTS) is 2. The van der Waals surface area contributed by atoms with Gasteiger partial charge >= 0.3 is 11.9 Å². The molecule has 1 heterocycles. The fourth-order valence-corrected chi connectivity index (χ4v) is 2.58. The number of aromatic nitrogens is 2. The Hall–Kier alpha value is -3.52. The number of hydrogen-bond donors (Lipinski definition) is 8. The highest BCUT2D eigenvalue weighted by Gasteiger charge is 2.32. The molecule has 0 radical (unpaired) electrons. The quantitative estimate of drug-likeness (QED) is 0.150. The van der Waals surface area contributed by atoms with Gasteiger partial charge in [-0.15, -0.1) is 0 Å². The predicted octanol–water partition coefficient (Wildman–Crippen LogP) is -2.92. The van der Waals surface area contributed by atoms with Gasteiger partial charge in [0.2, 0.25) is 17.7 Å². The summed E-state index contributed by atoms with van der Waals surface area (Å²) in [7, 11) is 0. The van der Waals surface area contributed by atoms with Gasteiger partial charge in [-0.2, -0.15) is 0 Å². The second-order valence-corrected chi connectivity index (χ2v) is 7.19. The zero-order chi connectivity index (χ0) is 24.4. The average molecular weight is 456 g/mol. The Morgan fingerprint density at radius 3 is 2.12 bits per heavy atom. The van der Waals surface area contributed by atoms with Crippen molar-refractivity contribution in [1.82, 2.24) is 25.9 Å². The van der Waals surface area contributed by atoms with Gasteiger partial charge in [-0.25, -0.2) is 9.78 Å². The molecule has 14 nitrogen and oxygen atoms in total. The SMILES string of the molecule is CC(N)C(=O)NC(C(=O)NC(CCC(=O)O)C(=O)NC(Cc1cnc[nH]1)C(=O)O)C(C)O. The molecule has 1 aromatic heterocycles. The van der Waals surface area contributed by atoms with Gasteiger partial charge in [0.05, 0.1) is 18.5 Å². The maximum absolute atomic E-state index is 12.7. The van der Waals surface area contributed by atoms with E-state index < -0.39 is 66.4 Å². The largest absolute Gasteiger partial charge is 0.481 e. The molecule has 178 valence electrons. The summed E-state index contributed by atoms with van der Waals surface area (Å²) in [6.45, 7) is 2.59. The molecule has 0 aliphatic carbocycles. The number of carbonyl (C=O) groups is 5. The highest BCUT2D eigenvalue weighted by molar-refractivity contribution is 5.94. The lowest BCUT2D eigenvalue weighted by Gasteiger charge is -2.26. The lowest BCUT2D eigenvalue weighted by atomic mass is 10.1. The molecule has 5 atom stereocenters. The van der Waals surface area contributed by atoms with Crippen molar-refractivity contribution in [3.8, 4) is 0 Å². The molecule has 5 unspecified atom stereocenters. The number of imidazole rings is 1. The second-order valence-electron chi connectivity index (χ2n) is 7.19. The normalized spacial score (nSPS) is 15.5. The Labute approximate surface area is 183 Å².